The van der Waals surface area contributed by atoms with E-state index < -0.39 is 0 Å². The molecule has 0 aliphatic rings. The smallest absolute Gasteiger partial charge is 0.271 e. The average molecular weight is 719 g/mol. The van der Waals surface area contributed by atoms with Crippen LogP contribution in [0, 0.1) is 3.57 Å². The van der Waals surface area contributed by atoms with Crippen LogP contribution < -0.4 is 24.4 Å². The summed E-state index contributed by atoms with van der Waals surface area (Å²) < 4.78 is 24.4. The standard InChI is InChI=1S/C32H29Cl2IN2O5/c1-3-39-29-16-23(11-13-28(29)41-19-21-8-6-5-7-9-21)32(38)37-36-18-22-14-27(35)31(30(15-22)40-4-2)42-20-24-10-12-25(33)17-26(24)34/h5-18H,3-4,19-20H2,1-2H3,(H,37,38)/b36-18+. The largest absolute Gasteiger partial charge is 0.490 e. The van der Waals surface area contributed by atoms with Crippen LogP contribution in [0.2, 0.25) is 10.0 Å². The van der Waals surface area contributed by atoms with Gasteiger partial charge in [-0.3, -0.25) is 4.79 Å². The average Bonchev–Trinajstić information content (AvgIpc) is 2.98. The molecule has 0 heterocycles. The van der Waals surface area contributed by atoms with E-state index in [0.29, 0.717) is 58.4 Å². The maximum atomic E-state index is 12.9. The minimum Gasteiger partial charge on any atom is -0.490 e. The van der Waals surface area contributed by atoms with Gasteiger partial charge in [-0.15, -0.1) is 0 Å². The van der Waals surface area contributed by atoms with Crippen LogP contribution in [-0.4, -0.2) is 25.3 Å². The van der Waals surface area contributed by atoms with E-state index in [1.807, 2.05) is 56.3 Å². The van der Waals surface area contributed by atoms with Crippen molar-refractivity contribution in [3.05, 3.63) is 115 Å². The molecule has 0 aliphatic carbocycles. The molecule has 0 unspecified atom stereocenters. The van der Waals surface area contributed by atoms with Crippen molar-refractivity contribution in [1.29, 1.82) is 0 Å². The summed E-state index contributed by atoms with van der Waals surface area (Å²) in [6.45, 7) is 5.27. The molecule has 7 nitrogen and oxygen atoms in total. The molecule has 0 aliphatic heterocycles. The number of benzene rings is 4. The molecule has 4 rings (SSSR count). The molecular weight excluding hydrogens is 690 g/mol. The third-order valence-electron chi connectivity index (χ3n) is 5.84. The SMILES string of the molecule is CCOc1cc(C(=O)N/N=C/c2cc(I)c(OCc3ccc(Cl)cc3Cl)c(OCC)c2)ccc1OCc1ccccc1. The molecule has 0 radical (unpaired) electrons. The normalized spacial score (nSPS) is 10.9. The molecule has 0 aromatic heterocycles. The van der Waals surface area contributed by atoms with Crippen LogP contribution in [0.4, 0.5) is 0 Å². The molecule has 4 aromatic rings. The molecule has 1 N–H and O–H groups in total. The van der Waals surface area contributed by atoms with Gasteiger partial charge in [0.05, 0.1) is 23.0 Å². The number of rotatable bonds is 13. The maximum absolute atomic E-state index is 12.9. The van der Waals surface area contributed by atoms with Crippen molar-refractivity contribution < 1.29 is 23.7 Å². The summed E-state index contributed by atoms with van der Waals surface area (Å²) in [4.78, 5) is 12.9. The quantitative estimate of drug-likeness (QED) is 0.0855. The lowest BCUT2D eigenvalue weighted by atomic mass is 10.2. The van der Waals surface area contributed by atoms with Gasteiger partial charge in [-0.2, -0.15) is 5.10 Å². The Morgan fingerprint density at radius 3 is 2.33 bits per heavy atom. The van der Waals surface area contributed by atoms with Gasteiger partial charge in [0.2, 0.25) is 0 Å². The number of ether oxygens (including phenoxy) is 4. The second-order valence-electron chi connectivity index (χ2n) is 8.86. The number of hydrazone groups is 1. The summed E-state index contributed by atoms with van der Waals surface area (Å²) in [5.41, 5.74) is 5.51. The molecule has 10 heteroatoms. The number of hydrogen-bond acceptors (Lipinski definition) is 6. The molecular formula is C32H29Cl2IN2O5. The highest BCUT2D eigenvalue weighted by Gasteiger charge is 2.14. The van der Waals surface area contributed by atoms with Crippen LogP contribution in [0.1, 0.15) is 40.9 Å². The van der Waals surface area contributed by atoms with Crippen molar-refractivity contribution in [2.24, 2.45) is 5.10 Å². The molecule has 0 saturated carbocycles. The number of carbonyl (C=O) groups is 1. The van der Waals surface area contributed by atoms with Gasteiger partial charge >= 0.3 is 0 Å². The molecule has 0 spiro atoms. The summed E-state index contributed by atoms with van der Waals surface area (Å²) in [6, 6.07) is 23.8. The van der Waals surface area contributed by atoms with Crippen LogP contribution in [0.25, 0.3) is 0 Å². The van der Waals surface area contributed by atoms with E-state index in [2.05, 4.69) is 33.1 Å². The predicted octanol–water partition coefficient (Wildman–Crippen LogP) is 8.32. The van der Waals surface area contributed by atoms with Gasteiger partial charge in [-0.05, 0) is 90.0 Å². The molecule has 0 bridgehead atoms. The molecule has 218 valence electrons. The third kappa shape index (κ3) is 8.77. The number of amides is 1. The second-order valence-corrected chi connectivity index (χ2v) is 10.9. The fourth-order valence-electron chi connectivity index (χ4n) is 3.86. The van der Waals surface area contributed by atoms with E-state index in [1.54, 1.807) is 42.6 Å². The third-order valence-corrected chi connectivity index (χ3v) is 7.23. The Balaban J connectivity index is 1.43. The van der Waals surface area contributed by atoms with Crippen LogP contribution in [-0.2, 0) is 13.2 Å². The lowest BCUT2D eigenvalue weighted by Gasteiger charge is -2.15. The van der Waals surface area contributed by atoms with E-state index in [1.165, 1.54) is 0 Å². The van der Waals surface area contributed by atoms with Crippen LogP contribution in [0.5, 0.6) is 23.0 Å². The van der Waals surface area contributed by atoms with E-state index in [4.69, 9.17) is 42.1 Å². The Hall–Kier alpha value is -3.47. The van der Waals surface area contributed by atoms with Gasteiger partial charge in [-0.1, -0.05) is 59.6 Å². The Morgan fingerprint density at radius 2 is 1.60 bits per heavy atom. The van der Waals surface area contributed by atoms with E-state index in [-0.39, 0.29) is 12.5 Å². The molecule has 0 atom stereocenters. The van der Waals surface area contributed by atoms with Crippen LogP contribution in [0.3, 0.4) is 0 Å². The number of nitrogens with zero attached hydrogens (tertiary/aromatic N) is 1. The highest BCUT2D eigenvalue weighted by atomic mass is 127. The molecule has 0 fully saturated rings. The lowest BCUT2D eigenvalue weighted by Crippen LogP contribution is -2.17. The Morgan fingerprint density at radius 1 is 0.833 bits per heavy atom. The molecule has 1 amide bonds. The topological polar surface area (TPSA) is 78.4 Å². The number of nitrogens with one attached hydrogen (secondary N) is 1. The van der Waals surface area contributed by atoms with Crippen LogP contribution in [0.15, 0.2) is 84.0 Å². The van der Waals surface area contributed by atoms with E-state index in [9.17, 15) is 4.79 Å². The highest BCUT2D eigenvalue weighted by molar-refractivity contribution is 14.1. The minimum atomic E-state index is -0.388. The van der Waals surface area contributed by atoms with Crippen molar-refractivity contribution in [1.82, 2.24) is 5.43 Å². The zero-order valence-electron chi connectivity index (χ0n) is 23.0. The Kier molecular flexibility index (Phi) is 11.7. The maximum Gasteiger partial charge on any atom is 0.271 e. The molecule has 42 heavy (non-hydrogen) atoms. The van der Waals surface area contributed by atoms with E-state index in [0.717, 1.165) is 20.3 Å². The van der Waals surface area contributed by atoms with E-state index >= 15 is 0 Å². The van der Waals surface area contributed by atoms with Crippen molar-refractivity contribution in [2.75, 3.05) is 13.2 Å². The van der Waals surface area contributed by atoms with Crippen molar-refractivity contribution >= 4 is 57.9 Å². The first-order chi connectivity index (χ1) is 20.4. The highest BCUT2D eigenvalue weighted by Crippen LogP contribution is 2.35. The number of halogens is 3. The first-order valence-electron chi connectivity index (χ1n) is 13.2. The van der Waals surface area contributed by atoms with Gasteiger partial charge < -0.3 is 18.9 Å². The molecule has 4 aromatic carbocycles. The lowest BCUT2D eigenvalue weighted by molar-refractivity contribution is 0.0954. The van der Waals surface area contributed by atoms with Gasteiger partial charge in [0.25, 0.3) is 5.91 Å². The Labute approximate surface area is 268 Å². The summed E-state index contributed by atoms with van der Waals surface area (Å²) in [6.07, 6.45) is 1.54. The van der Waals surface area contributed by atoms with Crippen molar-refractivity contribution in [3.63, 3.8) is 0 Å². The van der Waals surface area contributed by atoms with Crippen molar-refractivity contribution in [3.8, 4) is 23.0 Å². The van der Waals surface area contributed by atoms with Gasteiger partial charge in [-0.25, -0.2) is 5.43 Å². The zero-order chi connectivity index (χ0) is 29.9. The zero-order valence-corrected chi connectivity index (χ0v) is 26.7. The van der Waals surface area contributed by atoms with Gasteiger partial charge in [0.1, 0.15) is 13.2 Å². The minimum absolute atomic E-state index is 0.245. The molecule has 0 saturated heterocycles. The van der Waals surface area contributed by atoms with Gasteiger partial charge in [0.15, 0.2) is 23.0 Å². The van der Waals surface area contributed by atoms with Gasteiger partial charge in [0, 0.05) is 21.2 Å². The fraction of sp³-hybridized carbons (Fsp3) is 0.188. The summed E-state index contributed by atoms with van der Waals surface area (Å²) in [7, 11) is 0. The first kappa shape index (κ1) is 31.5. The Bertz CT molecular complexity index is 1550. The monoisotopic (exact) mass is 718 g/mol. The van der Waals surface area contributed by atoms with Crippen LogP contribution >= 0.6 is 45.8 Å². The fourth-order valence-corrected chi connectivity index (χ4v) is 5.10. The second kappa shape index (κ2) is 15.7. The first-order valence-corrected chi connectivity index (χ1v) is 15.0. The number of carbonyl (C=O) groups excluding carboxylic acids is 1. The summed E-state index contributed by atoms with van der Waals surface area (Å²) >= 11 is 14.5. The predicted molar refractivity (Wildman–Crippen MR) is 175 cm³/mol. The van der Waals surface area contributed by atoms with Crippen molar-refractivity contribution in [2.45, 2.75) is 27.1 Å². The summed E-state index contributed by atoms with van der Waals surface area (Å²) in [5.74, 6) is 1.79. The summed E-state index contributed by atoms with van der Waals surface area (Å²) in [5, 5.41) is 5.24. The number of hydrogen-bond donors (Lipinski definition) is 1.